The summed E-state index contributed by atoms with van der Waals surface area (Å²) in [5.74, 6) is 1.16. The molecule has 5 heteroatoms. The molecule has 0 radical (unpaired) electrons. The van der Waals surface area contributed by atoms with E-state index in [4.69, 9.17) is 13.6 Å². The van der Waals surface area contributed by atoms with Gasteiger partial charge >= 0.3 is 7.82 Å². The molecule has 126 valence electrons. The lowest BCUT2D eigenvalue weighted by atomic mass is 10.2. The summed E-state index contributed by atoms with van der Waals surface area (Å²) in [5.41, 5.74) is 0.926. The number of phosphoric acid groups is 1. The number of rotatable bonds is 7. The van der Waals surface area contributed by atoms with Crippen molar-refractivity contribution in [3.05, 3.63) is 97.1 Å². The molecule has 0 aliphatic carbocycles. The average Bonchev–Trinajstić information content (AvgIpc) is 2.64. The standard InChI is InChI=1S/C20H17O4P/c1-2-17-13-15-20(16-14-17)24-25(21,22-18-9-5-3-6-10-18)23-19-11-7-4-8-12-19/h2-16H,1H2. The van der Waals surface area contributed by atoms with Crippen LogP contribution < -0.4 is 13.6 Å². The van der Waals surface area contributed by atoms with Gasteiger partial charge in [0.2, 0.25) is 0 Å². The number of hydrogen-bond acceptors (Lipinski definition) is 4. The molecule has 0 unspecified atom stereocenters. The predicted octanol–water partition coefficient (Wildman–Crippen LogP) is 5.97. The van der Waals surface area contributed by atoms with Gasteiger partial charge in [0.05, 0.1) is 0 Å². The average molecular weight is 352 g/mol. The zero-order valence-corrected chi connectivity index (χ0v) is 14.3. The van der Waals surface area contributed by atoms with E-state index in [2.05, 4.69) is 6.58 Å². The van der Waals surface area contributed by atoms with Crippen molar-refractivity contribution in [2.24, 2.45) is 0 Å². The molecule has 0 fully saturated rings. The molecule has 0 aliphatic rings. The third-order valence-electron chi connectivity index (χ3n) is 3.25. The van der Waals surface area contributed by atoms with Gasteiger partial charge in [-0.25, -0.2) is 0 Å². The summed E-state index contributed by atoms with van der Waals surface area (Å²) in [5, 5.41) is 0. The van der Waals surface area contributed by atoms with E-state index < -0.39 is 7.82 Å². The number of para-hydroxylation sites is 2. The summed E-state index contributed by atoms with van der Waals surface area (Å²) in [6.07, 6.45) is 1.71. The smallest absolute Gasteiger partial charge is 0.386 e. The van der Waals surface area contributed by atoms with Crippen LogP contribution in [-0.2, 0) is 4.57 Å². The van der Waals surface area contributed by atoms with Crippen molar-refractivity contribution in [3.8, 4) is 17.2 Å². The van der Waals surface area contributed by atoms with Gasteiger partial charge in [0.25, 0.3) is 0 Å². The molecule has 0 saturated carbocycles. The molecule has 3 aromatic carbocycles. The van der Waals surface area contributed by atoms with Crippen molar-refractivity contribution in [2.45, 2.75) is 0 Å². The van der Waals surface area contributed by atoms with Gasteiger partial charge in [0.1, 0.15) is 17.2 Å². The van der Waals surface area contributed by atoms with Gasteiger partial charge < -0.3 is 13.6 Å². The fraction of sp³-hybridized carbons (Fsp3) is 0. The number of phosphoric ester groups is 1. The Kier molecular flexibility index (Phi) is 5.22. The molecule has 0 atom stereocenters. The van der Waals surface area contributed by atoms with Crippen LogP contribution in [0.1, 0.15) is 5.56 Å². The monoisotopic (exact) mass is 352 g/mol. The van der Waals surface area contributed by atoms with Crippen LogP contribution in [0.25, 0.3) is 6.08 Å². The Bertz CT molecular complexity index is 816. The van der Waals surface area contributed by atoms with Gasteiger partial charge in [-0.15, -0.1) is 0 Å². The van der Waals surface area contributed by atoms with E-state index in [1.165, 1.54) is 0 Å². The molecule has 0 amide bonds. The molecule has 3 aromatic rings. The summed E-state index contributed by atoms with van der Waals surface area (Å²) >= 11 is 0. The minimum absolute atomic E-state index is 0.376. The van der Waals surface area contributed by atoms with Crippen LogP contribution in [0.3, 0.4) is 0 Å². The minimum Gasteiger partial charge on any atom is -0.386 e. The van der Waals surface area contributed by atoms with Crippen molar-refractivity contribution >= 4 is 13.9 Å². The maximum atomic E-state index is 13.2. The van der Waals surface area contributed by atoms with E-state index >= 15 is 0 Å². The second kappa shape index (κ2) is 7.73. The Morgan fingerprint density at radius 1 is 0.640 bits per heavy atom. The lowest BCUT2D eigenvalue weighted by molar-refractivity contribution is 0.298. The first kappa shape index (κ1) is 16.9. The van der Waals surface area contributed by atoms with E-state index in [1.807, 2.05) is 12.1 Å². The van der Waals surface area contributed by atoms with Crippen molar-refractivity contribution in [1.82, 2.24) is 0 Å². The van der Waals surface area contributed by atoms with Crippen molar-refractivity contribution in [2.75, 3.05) is 0 Å². The first-order valence-corrected chi connectivity index (χ1v) is 9.14. The van der Waals surface area contributed by atoms with Crippen LogP contribution in [-0.4, -0.2) is 0 Å². The molecule has 0 aliphatic heterocycles. The Balaban J connectivity index is 1.87. The second-order valence-corrected chi connectivity index (χ2v) is 6.56. The first-order chi connectivity index (χ1) is 12.2. The van der Waals surface area contributed by atoms with Crippen molar-refractivity contribution in [1.29, 1.82) is 0 Å². The summed E-state index contributed by atoms with van der Waals surface area (Å²) in [7, 11) is -3.93. The van der Waals surface area contributed by atoms with E-state index in [1.54, 1.807) is 78.9 Å². The lowest BCUT2D eigenvalue weighted by Crippen LogP contribution is -2.07. The Labute approximate surface area is 146 Å². The molecule has 0 saturated heterocycles. The van der Waals surface area contributed by atoms with Crippen LogP contribution in [0, 0.1) is 0 Å². The van der Waals surface area contributed by atoms with Gasteiger partial charge in [0, 0.05) is 0 Å². The Morgan fingerprint density at radius 2 is 1.04 bits per heavy atom. The molecule has 0 spiro atoms. The third kappa shape index (κ3) is 4.75. The Morgan fingerprint density at radius 3 is 1.44 bits per heavy atom. The fourth-order valence-electron chi connectivity index (χ4n) is 2.07. The third-order valence-corrected chi connectivity index (χ3v) is 4.56. The zero-order chi connectivity index (χ0) is 17.5. The van der Waals surface area contributed by atoms with E-state index in [-0.39, 0.29) is 0 Å². The van der Waals surface area contributed by atoms with Crippen LogP contribution in [0.2, 0.25) is 0 Å². The maximum Gasteiger partial charge on any atom is 0.647 e. The molecular formula is C20H17O4P. The van der Waals surface area contributed by atoms with E-state index in [9.17, 15) is 4.57 Å². The Hall–Kier alpha value is -2.97. The van der Waals surface area contributed by atoms with Crippen LogP contribution in [0.5, 0.6) is 17.2 Å². The van der Waals surface area contributed by atoms with Gasteiger partial charge in [-0.1, -0.05) is 61.2 Å². The number of benzene rings is 3. The van der Waals surface area contributed by atoms with E-state index in [0.717, 1.165) is 5.56 Å². The van der Waals surface area contributed by atoms with Gasteiger partial charge in [-0.3, -0.25) is 0 Å². The van der Waals surface area contributed by atoms with Crippen LogP contribution in [0.15, 0.2) is 91.5 Å². The molecular weight excluding hydrogens is 335 g/mol. The summed E-state index contributed by atoms with van der Waals surface area (Å²) < 4.78 is 29.9. The molecule has 4 nitrogen and oxygen atoms in total. The van der Waals surface area contributed by atoms with Crippen LogP contribution >= 0.6 is 7.82 Å². The largest absolute Gasteiger partial charge is 0.647 e. The maximum absolute atomic E-state index is 13.2. The molecule has 0 bridgehead atoms. The quantitative estimate of drug-likeness (QED) is 0.491. The molecule has 3 rings (SSSR count). The van der Waals surface area contributed by atoms with Gasteiger partial charge in [-0.05, 0) is 42.0 Å². The highest BCUT2D eigenvalue weighted by Crippen LogP contribution is 2.49. The predicted molar refractivity (Wildman–Crippen MR) is 98.9 cm³/mol. The fourth-order valence-corrected chi connectivity index (χ4v) is 3.32. The zero-order valence-electron chi connectivity index (χ0n) is 13.4. The topological polar surface area (TPSA) is 44.8 Å². The normalized spacial score (nSPS) is 10.7. The van der Waals surface area contributed by atoms with Gasteiger partial charge in [-0.2, -0.15) is 4.57 Å². The lowest BCUT2D eigenvalue weighted by Gasteiger charge is -2.19. The van der Waals surface area contributed by atoms with Crippen LogP contribution in [0.4, 0.5) is 0 Å². The molecule has 0 N–H and O–H groups in total. The molecule has 0 heterocycles. The summed E-state index contributed by atoms with van der Waals surface area (Å²) in [6, 6.07) is 24.5. The minimum atomic E-state index is -3.93. The van der Waals surface area contributed by atoms with Crippen molar-refractivity contribution < 1.29 is 18.1 Å². The molecule has 0 aromatic heterocycles. The van der Waals surface area contributed by atoms with Gasteiger partial charge in [0.15, 0.2) is 0 Å². The number of hydrogen-bond donors (Lipinski definition) is 0. The highest BCUT2D eigenvalue weighted by atomic mass is 31.2. The SMILES string of the molecule is C=Cc1ccc(OP(=O)(Oc2ccccc2)Oc2ccccc2)cc1. The summed E-state index contributed by atoms with van der Waals surface area (Å²) in [4.78, 5) is 0. The highest BCUT2D eigenvalue weighted by molar-refractivity contribution is 7.49. The second-order valence-electron chi connectivity index (χ2n) is 5.12. The molecule has 25 heavy (non-hydrogen) atoms. The van der Waals surface area contributed by atoms with E-state index in [0.29, 0.717) is 17.2 Å². The van der Waals surface area contributed by atoms with Crippen molar-refractivity contribution in [3.63, 3.8) is 0 Å². The first-order valence-electron chi connectivity index (χ1n) is 7.68. The highest BCUT2D eigenvalue weighted by Gasteiger charge is 2.33. The summed E-state index contributed by atoms with van der Waals surface area (Å²) in [6.45, 7) is 3.70.